The van der Waals surface area contributed by atoms with Gasteiger partial charge in [-0.2, -0.15) is 11.8 Å². The van der Waals surface area contributed by atoms with Crippen LogP contribution < -0.4 is 0 Å². The molecule has 0 aliphatic carbocycles. The number of hydrogen-bond donors (Lipinski definition) is 0. The van der Waals surface area contributed by atoms with Crippen LogP contribution in [0.25, 0.3) is 0 Å². The Morgan fingerprint density at radius 1 is 1.50 bits per heavy atom. The first-order valence-electron chi connectivity index (χ1n) is 7.32. The minimum atomic E-state index is 0.00260. The Kier molecular flexibility index (Phi) is 4.48. The van der Waals surface area contributed by atoms with E-state index >= 15 is 0 Å². The van der Waals surface area contributed by atoms with Gasteiger partial charge in [0.05, 0.1) is 12.0 Å². The lowest BCUT2D eigenvalue weighted by molar-refractivity contribution is -0.137. The number of hydrogen-bond acceptors (Lipinski definition) is 5. The van der Waals surface area contributed by atoms with Gasteiger partial charge in [-0.1, -0.05) is 0 Å². The lowest BCUT2D eigenvalue weighted by Crippen LogP contribution is -2.44. The molecule has 0 saturated carbocycles. The van der Waals surface area contributed by atoms with Crippen molar-refractivity contribution in [3.05, 3.63) is 16.1 Å². The van der Waals surface area contributed by atoms with Crippen LogP contribution in [0.1, 0.15) is 36.4 Å². The Bertz CT molecular complexity index is 474. The largest absolute Gasteiger partial charge is 0.375 e. The maximum atomic E-state index is 12.5. The van der Waals surface area contributed by atoms with Crippen molar-refractivity contribution in [2.45, 2.75) is 44.6 Å². The number of rotatable bonds is 3. The summed E-state index contributed by atoms with van der Waals surface area (Å²) < 4.78 is 6.06. The summed E-state index contributed by atoms with van der Waals surface area (Å²) in [5.41, 5.74) is 1.02. The summed E-state index contributed by atoms with van der Waals surface area (Å²) in [6.45, 7) is 2.73. The molecule has 1 aromatic rings. The van der Waals surface area contributed by atoms with Crippen molar-refractivity contribution in [1.29, 1.82) is 0 Å². The van der Waals surface area contributed by atoms with Gasteiger partial charge in [-0.05, 0) is 44.1 Å². The molecule has 1 spiro atoms. The summed E-state index contributed by atoms with van der Waals surface area (Å²) in [5, 5.41) is 2.99. The van der Waals surface area contributed by atoms with E-state index in [9.17, 15) is 4.79 Å². The van der Waals surface area contributed by atoms with E-state index in [1.54, 1.807) is 11.3 Å². The molecule has 3 nitrogen and oxygen atoms in total. The van der Waals surface area contributed by atoms with E-state index in [0.717, 1.165) is 43.0 Å². The van der Waals surface area contributed by atoms with E-state index in [2.05, 4.69) is 4.98 Å². The summed E-state index contributed by atoms with van der Waals surface area (Å²) in [6, 6.07) is 0. The van der Waals surface area contributed by atoms with Gasteiger partial charge in [-0.3, -0.25) is 4.79 Å². The third-order valence-corrected chi connectivity index (χ3v) is 6.30. The predicted octanol–water partition coefficient (Wildman–Crippen LogP) is 3.26. The molecule has 2 fully saturated rings. The topological polar surface area (TPSA) is 39.2 Å². The van der Waals surface area contributed by atoms with Crippen LogP contribution in [0.15, 0.2) is 5.38 Å². The fraction of sp³-hybridized carbons (Fsp3) is 0.733. The zero-order chi connectivity index (χ0) is 14.0. The lowest BCUT2D eigenvalue weighted by atomic mass is 9.79. The molecule has 110 valence electrons. The summed E-state index contributed by atoms with van der Waals surface area (Å²) in [5.74, 6) is 2.88. The number of ether oxygens (including phenoxy) is 1. The normalized spacial score (nSPS) is 25.8. The minimum absolute atomic E-state index is 0.00260. The molecule has 0 bridgehead atoms. The number of Topliss-reactive ketones (excluding diaryl/α,β-unsaturated/α-hetero) is 1. The number of ketones is 1. The highest BCUT2D eigenvalue weighted by molar-refractivity contribution is 7.99. The molecular weight excluding hydrogens is 290 g/mol. The van der Waals surface area contributed by atoms with Crippen molar-refractivity contribution in [1.82, 2.24) is 4.98 Å². The van der Waals surface area contributed by atoms with Gasteiger partial charge < -0.3 is 4.74 Å². The number of thioether (sulfide) groups is 1. The van der Waals surface area contributed by atoms with Gasteiger partial charge in [-0.25, -0.2) is 4.98 Å². The Labute approximate surface area is 128 Å². The number of thiazole rings is 1. The fourth-order valence-electron chi connectivity index (χ4n) is 3.17. The maximum Gasteiger partial charge on any atom is 0.142 e. The highest BCUT2D eigenvalue weighted by Crippen LogP contribution is 2.40. The first-order valence-corrected chi connectivity index (χ1v) is 9.36. The average molecular weight is 311 g/mol. The van der Waals surface area contributed by atoms with Crippen LogP contribution in [0.5, 0.6) is 0 Å². The molecule has 0 N–H and O–H groups in total. The first-order chi connectivity index (χ1) is 9.67. The van der Waals surface area contributed by atoms with Crippen molar-refractivity contribution in [3.63, 3.8) is 0 Å². The fourth-order valence-corrected chi connectivity index (χ4v) is 5.19. The van der Waals surface area contributed by atoms with Gasteiger partial charge in [-0.15, -0.1) is 11.3 Å². The van der Waals surface area contributed by atoms with E-state index in [-0.39, 0.29) is 11.5 Å². The van der Waals surface area contributed by atoms with E-state index in [1.807, 2.05) is 24.1 Å². The number of carbonyl (C=O) groups is 1. The molecule has 1 atom stereocenters. The minimum Gasteiger partial charge on any atom is -0.375 e. The van der Waals surface area contributed by atoms with E-state index in [4.69, 9.17) is 4.74 Å². The standard InChI is InChI=1S/C15H21NO2S2/c1-11-10-20-14(16-11)8-13(17)12-2-5-18-15(9-12)3-6-19-7-4-15/h10,12H,2-9H2,1H3. The summed E-state index contributed by atoms with van der Waals surface area (Å²) in [4.78, 5) is 16.9. The van der Waals surface area contributed by atoms with E-state index in [0.29, 0.717) is 12.2 Å². The molecule has 1 unspecified atom stereocenters. The van der Waals surface area contributed by atoms with E-state index in [1.165, 1.54) is 11.5 Å². The smallest absolute Gasteiger partial charge is 0.142 e. The molecular formula is C15H21NO2S2. The average Bonchev–Trinajstić information content (AvgIpc) is 2.85. The number of carbonyl (C=O) groups excluding carboxylic acids is 1. The van der Waals surface area contributed by atoms with Gasteiger partial charge >= 0.3 is 0 Å². The number of nitrogens with zero attached hydrogens (tertiary/aromatic N) is 1. The van der Waals surface area contributed by atoms with Crippen LogP contribution in [0.2, 0.25) is 0 Å². The van der Waals surface area contributed by atoms with Crippen LogP contribution >= 0.6 is 23.1 Å². The molecule has 5 heteroatoms. The Morgan fingerprint density at radius 2 is 2.30 bits per heavy atom. The second-order valence-corrected chi connectivity index (χ2v) is 8.03. The van der Waals surface area contributed by atoms with Gasteiger partial charge in [0, 0.05) is 23.6 Å². The molecule has 2 saturated heterocycles. The first kappa shape index (κ1) is 14.5. The zero-order valence-corrected chi connectivity index (χ0v) is 13.5. The molecule has 0 aromatic carbocycles. The molecule has 2 aliphatic rings. The summed E-state index contributed by atoms with van der Waals surface area (Å²) in [6.07, 6.45) is 4.54. The van der Waals surface area contributed by atoms with Crippen molar-refractivity contribution in [2.75, 3.05) is 18.1 Å². The van der Waals surface area contributed by atoms with Gasteiger partial charge in [0.2, 0.25) is 0 Å². The third kappa shape index (κ3) is 3.26. The highest BCUT2D eigenvalue weighted by atomic mass is 32.2. The third-order valence-electron chi connectivity index (χ3n) is 4.34. The second-order valence-electron chi connectivity index (χ2n) is 5.86. The quantitative estimate of drug-likeness (QED) is 0.859. The van der Waals surface area contributed by atoms with Gasteiger partial charge in [0.1, 0.15) is 10.8 Å². The molecule has 0 radical (unpaired) electrons. The van der Waals surface area contributed by atoms with Gasteiger partial charge in [0.25, 0.3) is 0 Å². The molecule has 20 heavy (non-hydrogen) atoms. The monoisotopic (exact) mass is 311 g/mol. The Balaban J connectivity index is 1.62. The van der Waals surface area contributed by atoms with Crippen LogP contribution in [-0.4, -0.2) is 34.5 Å². The van der Waals surface area contributed by atoms with Crippen molar-refractivity contribution in [3.8, 4) is 0 Å². The molecule has 3 rings (SSSR count). The summed E-state index contributed by atoms with van der Waals surface area (Å²) >= 11 is 3.61. The molecule has 0 amide bonds. The predicted molar refractivity (Wildman–Crippen MR) is 83.5 cm³/mol. The Hall–Kier alpha value is -0.390. The molecule has 2 aliphatic heterocycles. The van der Waals surface area contributed by atoms with Crippen LogP contribution in [0, 0.1) is 12.8 Å². The van der Waals surface area contributed by atoms with Crippen molar-refractivity contribution >= 4 is 28.9 Å². The van der Waals surface area contributed by atoms with Crippen LogP contribution in [0.4, 0.5) is 0 Å². The Morgan fingerprint density at radius 3 is 3.00 bits per heavy atom. The lowest BCUT2D eigenvalue weighted by Gasteiger charge is -2.42. The van der Waals surface area contributed by atoms with Crippen LogP contribution in [0.3, 0.4) is 0 Å². The molecule has 3 heterocycles. The van der Waals surface area contributed by atoms with Crippen LogP contribution in [-0.2, 0) is 16.0 Å². The highest BCUT2D eigenvalue weighted by Gasteiger charge is 2.40. The molecule has 1 aromatic heterocycles. The van der Waals surface area contributed by atoms with Crippen molar-refractivity contribution < 1.29 is 9.53 Å². The number of aryl methyl sites for hydroxylation is 1. The SMILES string of the molecule is Cc1csc(CC(=O)C2CCOC3(CCSCC3)C2)n1. The van der Waals surface area contributed by atoms with Gasteiger partial charge in [0.15, 0.2) is 0 Å². The summed E-state index contributed by atoms with van der Waals surface area (Å²) in [7, 11) is 0. The number of aromatic nitrogens is 1. The zero-order valence-electron chi connectivity index (χ0n) is 11.9. The maximum absolute atomic E-state index is 12.5. The van der Waals surface area contributed by atoms with Crippen molar-refractivity contribution in [2.24, 2.45) is 5.92 Å². The second kappa shape index (κ2) is 6.16. The van der Waals surface area contributed by atoms with E-state index < -0.39 is 0 Å².